The summed E-state index contributed by atoms with van der Waals surface area (Å²) in [7, 11) is 0. The predicted molar refractivity (Wildman–Crippen MR) is 88.5 cm³/mol. The summed E-state index contributed by atoms with van der Waals surface area (Å²) in [4.78, 5) is 18.7. The van der Waals surface area contributed by atoms with Gasteiger partial charge in [0.2, 0.25) is 0 Å². The van der Waals surface area contributed by atoms with E-state index in [1.165, 1.54) is 0 Å². The Bertz CT molecular complexity index is 766. The van der Waals surface area contributed by atoms with E-state index < -0.39 is 11.4 Å². The van der Waals surface area contributed by atoms with Gasteiger partial charge < -0.3 is 23.7 Å². The van der Waals surface area contributed by atoms with Crippen LogP contribution in [-0.4, -0.2) is 15.1 Å². The smallest absolute Gasteiger partial charge is 0.484 e. The van der Waals surface area contributed by atoms with Gasteiger partial charge in [-0.3, -0.25) is 0 Å². The maximum absolute atomic E-state index is 11.1. The molecule has 0 amide bonds. The fraction of sp³-hybridized carbons (Fsp3) is 0.500. The highest BCUT2D eigenvalue weighted by Crippen LogP contribution is 2.28. The van der Waals surface area contributed by atoms with Crippen LogP contribution in [0.3, 0.4) is 0 Å². The highest BCUT2D eigenvalue weighted by molar-refractivity contribution is 6.16. The first-order chi connectivity index (χ1) is 11.3. The van der Waals surface area contributed by atoms with Crippen molar-refractivity contribution in [1.82, 2.24) is 9.97 Å². The SMILES string of the molecule is C=C(OCc1oc(=O)oc1CCl)c1[nH]c(CCC)nc1C(C)(C)O. The molecule has 0 radical (unpaired) electrons. The number of nitrogens with zero attached hydrogens (tertiary/aromatic N) is 1. The Kier molecular flexibility index (Phi) is 5.56. The summed E-state index contributed by atoms with van der Waals surface area (Å²) in [5.41, 5.74) is -0.209. The van der Waals surface area contributed by atoms with Crippen molar-refractivity contribution in [2.24, 2.45) is 0 Å². The first kappa shape index (κ1) is 18.4. The van der Waals surface area contributed by atoms with Crippen LogP contribution in [0.2, 0.25) is 0 Å². The van der Waals surface area contributed by atoms with Gasteiger partial charge in [0.25, 0.3) is 0 Å². The van der Waals surface area contributed by atoms with E-state index in [-0.39, 0.29) is 29.8 Å². The zero-order valence-electron chi connectivity index (χ0n) is 13.9. The van der Waals surface area contributed by atoms with E-state index in [4.69, 9.17) is 25.2 Å². The van der Waals surface area contributed by atoms with Crippen molar-refractivity contribution < 1.29 is 18.7 Å². The zero-order chi connectivity index (χ0) is 17.9. The van der Waals surface area contributed by atoms with Gasteiger partial charge in [0, 0.05) is 6.42 Å². The van der Waals surface area contributed by atoms with Crippen molar-refractivity contribution >= 4 is 17.4 Å². The normalized spacial score (nSPS) is 11.7. The standard InChI is InChI=1S/C16H21ClN2O5/c1-5-6-12-18-13(14(19-12)16(3,4)21)9(2)22-8-11-10(7-17)23-15(20)24-11/h21H,2,5-8H2,1,3-4H3,(H,18,19). The molecular weight excluding hydrogens is 336 g/mol. The molecule has 132 valence electrons. The molecule has 7 nitrogen and oxygen atoms in total. The Labute approximate surface area is 144 Å². The number of halogens is 1. The van der Waals surface area contributed by atoms with Crippen LogP contribution in [0.5, 0.6) is 0 Å². The molecule has 0 saturated heterocycles. The minimum atomic E-state index is -1.16. The maximum atomic E-state index is 11.1. The minimum absolute atomic E-state index is 0.00344. The average molecular weight is 357 g/mol. The Morgan fingerprint density at radius 1 is 1.42 bits per heavy atom. The van der Waals surface area contributed by atoms with E-state index in [9.17, 15) is 9.90 Å². The van der Waals surface area contributed by atoms with Crippen molar-refractivity contribution in [1.29, 1.82) is 0 Å². The predicted octanol–water partition coefficient (Wildman–Crippen LogP) is 3.06. The molecule has 0 atom stereocenters. The van der Waals surface area contributed by atoms with Gasteiger partial charge in [-0.1, -0.05) is 13.5 Å². The van der Waals surface area contributed by atoms with Crippen LogP contribution in [0, 0.1) is 0 Å². The molecule has 2 aromatic heterocycles. The number of hydrogen-bond acceptors (Lipinski definition) is 6. The topological polar surface area (TPSA) is 101 Å². The average Bonchev–Trinajstić information content (AvgIpc) is 3.08. The number of hydrogen-bond donors (Lipinski definition) is 2. The molecule has 0 fully saturated rings. The van der Waals surface area contributed by atoms with E-state index in [0.717, 1.165) is 18.7 Å². The molecule has 0 unspecified atom stereocenters. The number of ether oxygens (including phenoxy) is 1. The van der Waals surface area contributed by atoms with Gasteiger partial charge in [0.1, 0.15) is 35.2 Å². The number of alkyl halides is 1. The molecule has 0 aliphatic rings. The van der Waals surface area contributed by atoms with Crippen molar-refractivity contribution in [3.8, 4) is 0 Å². The lowest BCUT2D eigenvalue weighted by molar-refractivity contribution is 0.0733. The lowest BCUT2D eigenvalue weighted by Gasteiger charge is -2.17. The van der Waals surface area contributed by atoms with Crippen molar-refractivity contribution in [2.45, 2.75) is 51.7 Å². The second-order valence-corrected chi connectivity index (χ2v) is 6.13. The summed E-state index contributed by atoms with van der Waals surface area (Å²) in [5, 5.41) is 10.3. The number of aliphatic hydroxyl groups is 1. The monoisotopic (exact) mass is 356 g/mol. The molecule has 0 aliphatic heterocycles. The summed E-state index contributed by atoms with van der Waals surface area (Å²) in [5.74, 6) is 0.592. The molecule has 0 saturated carbocycles. The fourth-order valence-electron chi connectivity index (χ4n) is 2.19. The highest BCUT2D eigenvalue weighted by Gasteiger charge is 2.27. The number of rotatable bonds is 8. The number of aromatic nitrogens is 2. The second-order valence-electron chi connectivity index (χ2n) is 5.86. The number of aryl methyl sites for hydroxylation is 1. The molecular formula is C16H21ClN2O5. The van der Waals surface area contributed by atoms with Gasteiger partial charge in [0.05, 0.1) is 5.88 Å². The van der Waals surface area contributed by atoms with Gasteiger partial charge in [-0.05, 0) is 20.3 Å². The molecule has 2 aromatic rings. The molecule has 2 rings (SSSR count). The number of H-pyrrole nitrogens is 1. The number of nitrogens with one attached hydrogen (secondary N) is 1. The quantitative estimate of drug-likeness (QED) is 0.556. The lowest BCUT2D eigenvalue weighted by Crippen LogP contribution is -2.18. The molecule has 0 aliphatic carbocycles. The van der Waals surface area contributed by atoms with E-state index >= 15 is 0 Å². The van der Waals surface area contributed by atoms with Crippen LogP contribution < -0.4 is 5.82 Å². The first-order valence-corrected chi connectivity index (χ1v) is 8.11. The van der Waals surface area contributed by atoms with Crippen molar-refractivity contribution in [3.05, 3.63) is 45.9 Å². The van der Waals surface area contributed by atoms with Gasteiger partial charge in [-0.25, -0.2) is 9.78 Å². The zero-order valence-corrected chi connectivity index (χ0v) is 14.7. The van der Waals surface area contributed by atoms with Crippen molar-refractivity contribution in [2.75, 3.05) is 0 Å². The number of imidazole rings is 1. The van der Waals surface area contributed by atoms with Crippen LogP contribution in [0.25, 0.3) is 5.76 Å². The lowest BCUT2D eigenvalue weighted by atomic mass is 10.0. The third-order valence-corrected chi connectivity index (χ3v) is 3.56. The van der Waals surface area contributed by atoms with Crippen LogP contribution in [0.4, 0.5) is 0 Å². The summed E-state index contributed by atoms with van der Waals surface area (Å²) in [6.45, 7) is 9.10. The molecule has 2 heterocycles. The van der Waals surface area contributed by atoms with E-state index in [0.29, 0.717) is 11.4 Å². The van der Waals surface area contributed by atoms with E-state index in [1.807, 2.05) is 6.92 Å². The Hall–Kier alpha value is -1.99. The van der Waals surface area contributed by atoms with Crippen LogP contribution >= 0.6 is 11.6 Å². The first-order valence-electron chi connectivity index (χ1n) is 7.57. The maximum Gasteiger partial charge on any atom is 0.519 e. The summed E-state index contributed by atoms with van der Waals surface area (Å²) >= 11 is 5.68. The largest absolute Gasteiger partial charge is 0.519 e. The summed E-state index contributed by atoms with van der Waals surface area (Å²) < 4.78 is 15.2. The second kappa shape index (κ2) is 7.27. The summed E-state index contributed by atoms with van der Waals surface area (Å²) in [6.07, 6.45) is 1.65. The Balaban J connectivity index is 2.21. The molecule has 24 heavy (non-hydrogen) atoms. The number of aromatic amines is 1. The van der Waals surface area contributed by atoms with Gasteiger partial charge in [0.15, 0.2) is 11.5 Å². The van der Waals surface area contributed by atoms with E-state index in [2.05, 4.69) is 16.5 Å². The summed E-state index contributed by atoms with van der Waals surface area (Å²) in [6, 6.07) is 0. The highest BCUT2D eigenvalue weighted by atomic mass is 35.5. The van der Waals surface area contributed by atoms with Crippen LogP contribution in [0.15, 0.2) is 20.2 Å². The minimum Gasteiger partial charge on any atom is -0.484 e. The van der Waals surface area contributed by atoms with Gasteiger partial charge >= 0.3 is 5.82 Å². The van der Waals surface area contributed by atoms with Crippen LogP contribution in [-0.2, 0) is 29.2 Å². The molecule has 0 bridgehead atoms. The van der Waals surface area contributed by atoms with Crippen LogP contribution in [0.1, 0.15) is 55.9 Å². The fourth-order valence-corrected chi connectivity index (χ4v) is 2.40. The third kappa shape index (κ3) is 4.10. The van der Waals surface area contributed by atoms with E-state index in [1.54, 1.807) is 13.8 Å². The Morgan fingerprint density at radius 3 is 2.67 bits per heavy atom. The molecule has 8 heteroatoms. The third-order valence-electron chi connectivity index (χ3n) is 3.32. The molecule has 0 aromatic carbocycles. The van der Waals surface area contributed by atoms with Crippen molar-refractivity contribution in [3.63, 3.8) is 0 Å². The molecule has 0 spiro atoms. The van der Waals surface area contributed by atoms with Gasteiger partial charge in [-0.15, -0.1) is 11.6 Å². The molecule has 2 N–H and O–H groups in total. The van der Waals surface area contributed by atoms with Gasteiger partial charge in [-0.2, -0.15) is 0 Å². The Morgan fingerprint density at radius 2 is 2.08 bits per heavy atom.